The predicted molar refractivity (Wildman–Crippen MR) is 56.3 cm³/mol. The Bertz CT molecular complexity index is 334. The molecule has 0 aliphatic heterocycles. The second-order valence-electron chi connectivity index (χ2n) is 3.34. The number of benzene rings is 1. The average Bonchev–Trinajstić information content (AvgIpc) is 2.28. The standard InChI is InChI=1S/C11H15F2NO2/c1-8(7-14)15-4-5-16-9-2-3-10(12)11(13)6-9/h2-3,6,8H,4-5,7,14H2,1H3. The summed E-state index contributed by atoms with van der Waals surface area (Å²) in [5.74, 6) is -1.53. The minimum atomic E-state index is -0.922. The van der Waals surface area contributed by atoms with Gasteiger partial charge >= 0.3 is 0 Å². The Morgan fingerprint density at radius 1 is 1.25 bits per heavy atom. The average molecular weight is 231 g/mol. The van der Waals surface area contributed by atoms with Gasteiger partial charge < -0.3 is 15.2 Å². The van der Waals surface area contributed by atoms with E-state index in [1.807, 2.05) is 6.92 Å². The van der Waals surface area contributed by atoms with Gasteiger partial charge in [0, 0.05) is 12.6 Å². The monoisotopic (exact) mass is 231 g/mol. The van der Waals surface area contributed by atoms with Crippen molar-refractivity contribution in [3.8, 4) is 5.75 Å². The van der Waals surface area contributed by atoms with E-state index in [9.17, 15) is 8.78 Å². The van der Waals surface area contributed by atoms with Crippen LogP contribution in [-0.2, 0) is 4.74 Å². The van der Waals surface area contributed by atoms with E-state index >= 15 is 0 Å². The molecule has 0 fully saturated rings. The predicted octanol–water partition coefficient (Wildman–Crippen LogP) is 1.71. The van der Waals surface area contributed by atoms with Gasteiger partial charge in [-0.25, -0.2) is 8.78 Å². The first kappa shape index (κ1) is 12.9. The highest BCUT2D eigenvalue weighted by Gasteiger charge is 2.03. The fraction of sp³-hybridized carbons (Fsp3) is 0.455. The van der Waals surface area contributed by atoms with E-state index < -0.39 is 11.6 Å². The first-order valence-corrected chi connectivity index (χ1v) is 5.03. The van der Waals surface area contributed by atoms with Crippen LogP contribution in [0.4, 0.5) is 8.78 Å². The van der Waals surface area contributed by atoms with Gasteiger partial charge in [0.05, 0.1) is 12.7 Å². The lowest BCUT2D eigenvalue weighted by atomic mass is 10.3. The lowest BCUT2D eigenvalue weighted by Crippen LogP contribution is -2.22. The minimum absolute atomic E-state index is 0.0337. The fourth-order valence-electron chi connectivity index (χ4n) is 1.04. The third-order valence-corrected chi connectivity index (χ3v) is 1.98. The lowest BCUT2D eigenvalue weighted by Gasteiger charge is -2.11. The van der Waals surface area contributed by atoms with E-state index in [-0.39, 0.29) is 18.5 Å². The summed E-state index contributed by atoms with van der Waals surface area (Å²) >= 11 is 0. The number of rotatable bonds is 6. The van der Waals surface area contributed by atoms with Crippen molar-refractivity contribution in [2.75, 3.05) is 19.8 Å². The maximum atomic E-state index is 12.8. The molecule has 3 nitrogen and oxygen atoms in total. The first-order valence-electron chi connectivity index (χ1n) is 5.03. The Kier molecular flexibility index (Phi) is 5.14. The lowest BCUT2D eigenvalue weighted by molar-refractivity contribution is 0.0495. The molecule has 1 unspecified atom stereocenters. The van der Waals surface area contributed by atoms with E-state index in [0.717, 1.165) is 12.1 Å². The summed E-state index contributed by atoms with van der Waals surface area (Å²) in [6, 6.07) is 3.39. The molecule has 0 saturated heterocycles. The Balaban J connectivity index is 2.29. The molecule has 5 heteroatoms. The van der Waals surface area contributed by atoms with Crippen molar-refractivity contribution in [1.82, 2.24) is 0 Å². The third kappa shape index (κ3) is 4.12. The van der Waals surface area contributed by atoms with Gasteiger partial charge in [-0.05, 0) is 19.1 Å². The third-order valence-electron chi connectivity index (χ3n) is 1.98. The van der Waals surface area contributed by atoms with Gasteiger partial charge in [-0.2, -0.15) is 0 Å². The SMILES string of the molecule is CC(CN)OCCOc1ccc(F)c(F)c1. The molecule has 0 bridgehead atoms. The van der Waals surface area contributed by atoms with Gasteiger partial charge in [-0.3, -0.25) is 0 Å². The van der Waals surface area contributed by atoms with Crippen LogP contribution >= 0.6 is 0 Å². The van der Waals surface area contributed by atoms with Crippen LogP contribution in [0.3, 0.4) is 0 Å². The van der Waals surface area contributed by atoms with Crippen molar-refractivity contribution >= 4 is 0 Å². The Morgan fingerprint density at radius 2 is 2.00 bits per heavy atom. The second-order valence-corrected chi connectivity index (χ2v) is 3.34. The summed E-state index contributed by atoms with van der Waals surface area (Å²) in [7, 11) is 0. The summed E-state index contributed by atoms with van der Waals surface area (Å²) in [5.41, 5.74) is 5.34. The number of ether oxygens (including phenoxy) is 2. The molecule has 2 N–H and O–H groups in total. The van der Waals surface area contributed by atoms with Crippen molar-refractivity contribution < 1.29 is 18.3 Å². The van der Waals surface area contributed by atoms with E-state index in [1.165, 1.54) is 6.07 Å². The van der Waals surface area contributed by atoms with Gasteiger partial charge in [-0.1, -0.05) is 0 Å². The van der Waals surface area contributed by atoms with E-state index in [0.29, 0.717) is 13.2 Å². The summed E-state index contributed by atoms with van der Waals surface area (Å²) in [4.78, 5) is 0. The van der Waals surface area contributed by atoms with Gasteiger partial charge in [0.15, 0.2) is 11.6 Å². The largest absolute Gasteiger partial charge is 0.491 e. The van der Waals surface area contributed by atoms with Crippen LogP contribution < -0.4 is 10.5 Å². The van der Waals surface area contributed by atoms with Crippen molar-refractivity contribution in [1.29, 1.82) is 0 Å². The smallest absolute Gasteiger partial charge is 0.162 e. The molecule has 0 spiro atoms. The van der Waals surface area contributed by atoms with Crippen LogP contribution in [0.2, 0.25) is 0 Å². The van der Waals surface area contributed by atoms with Gasteiger partial charge in [0.1, 0.15) is 12.4 Å². The number of halogens is 2. The molecule has 16 heavy (non-hydrogen) atoms. The van der Waals surface area contributed by atoms with Crippen LogP contribution in [-0.4, -0.2) is 25.9 Å². The van der Waals surface area contributed by atoms with Crippen LogP contribution in [0.15, 0.2) is 18.2 Å². The molecule has 0 heterocycles. The summed E-state index contributed by atoms with van der Waals surface area (Å²) < 4.78 is 35.8. The van der Waals surface area contributed by atoms with Gasteiger partial charge in [0.2, 0.25) is 0 Å². The molecule has 1 aromatic carbocycles. The van der Waals surface area contributed by atoms with Crippen molar-refractivity contribution in [3.63, 3.8) is 0 Å². The molecule has 1 aromatic rings. The molecule has 0 aliphatic carbocycles. The highest BCUT2D eigenvalue weighted by molar-refractivity contribution is 5.23. The van der Waals surface area contributed by atoms with Crippen molar-refractivity contribution in [2.24, 2.45) is 5.73 Å². The molecule has 0 saturated carbocycles. The van der Waals surface area contributed by atoms with Crippen LogP contribution in [0.5, 0.6) is 5.75 Å². The maximum Gasteiger partial charge on any atom is 0.162 e. The van der Waals surface area contributed by atoms with Gasteiger partial charge in [0.25, 0.3) is 0 Å². The Labute approximate surface area is 93.2 Å². The topological polar surface area (TPSA) is 44.5 Å². The maximum absolute atomic E-state index is 12.8. The number of hydrogen-bond acceptors (Lipinski definition) is 3. The Hall–Kier alpha value is -1.20. The van der Waals surface area contributed by atoms with Crippen LogP contribution in [0, 0.1) is 11.6 Å². The Morgan fingerprint density at radius 3 is 2.62 bits per heavy atom. The highest BCUT2D eigenvalue weighted by atomic mass is 19.2. The number of hydrogen-bond donors (Lipinski definition) is 1. The molecule has 1 atom stereocenters. The molecule has 1 rings (SSSR count). The normalized spacial score (nSPS) is 12.5. The zero-order valence-electron chi connectivity index (χ0n) is 9.08. The van der Waals surface area contributed by atoms with E-state index in [2.05, 4.69) is 0 Å². The van der Waals surface area contributed by atoms with Crippen molar-refractivity contribution in [3.05, 3.63) is 29.8 Å². The first-order chi connectivity index (χ1) is 7.63. The zero-order chi connectivity index (χ0) is 12.0. The van der Waals surface area contributed by atoms with E-state index in [1.54, 1.807) is 0 Å². The summed E-state index contributed by atoms with van der Waals surface area (Å²) in [5, 5.41) is 0. The molecular weight excluding hydrogens is 216 g/mol. The summed E-state index contributed by atoms with van der Waals surface area (Å²) in [6.07, 6.45) is -0.0337. The molecule has 0 radical (unpaired) electrons. The summed E-state index contributed by atoms with van der Waals surface area (Å²) in [6.45, 7) is 2.91. The van der Waals surface area contributed by atoms with Crippen molar-refractivity contribution in [2.45, 2.75) is 13.0 Å². The highest BCUT2D eigenvalue weighted by Crippen LogP contribution is 2.15. The molecule has 0 amide bonds. The molecular formula is C11H15F2NO2. The van der Waals surface area contributed by atoms with Gasteiger partial charge in [-0.15, -0.1) is 0 Å². The molecule has 0 aliphatic rings. The molecule has 0 aromatic heterocycles. The molecule has 90 valence electrons. The fourth-order valence-corrected chi connectivity index (χ4v) is 1.04. The number of nitrogens with two attached hydrogens (primary N) is 1. The quantitative estimate of drug-likeness (QED) is 0.758. The van der Waals surface area contributed by atoms with E-state index in [4.69, 9.17) is 15.2 Å². The van der Waals surface area contributed by atoms with Crippen LogP contribution in [0.1, 0.15) is 6.92 Å². The zero-order valence-corrected chi connectivity index (χ0v) is 9.08. The second kappa shape index (κ2) is 6.40. The minimum Gasteiger partial charge on any atom is -0.491 e. The van der Waals surface area contributed by atoms with Crippen LogP contribution in [0.25, 0.3) is 0 Å².